The molecule has 8 rings (SSSR count). The minimum atomic E-state index is -1.59. The Morgan fingerprint density at radius 3 is 1.91 bits per heavy atom. The van der Waals surface area contributed by atoms with E-state index in [0.29, 0.717) is 36.9 Å². The number of aromatic hydroxyl groups is 1. The molecule has 4 fully saturated rings. The lowest BCUT2D eigenvalue weighted by Crippen LogP contribution is -2.57. The number of unbranched alkanes of at least 4 members (excludes halogenated alkanes) is 1. The number of carboxylic acids is 1. The van der Waals surface area contributed by atoms with Gasteiger partial charge in [-0.25, -0.2) is 0 Å². The number of carboxylic acid groups (broad SMARTS) is 1. The van der Waals surface area contributed by atoms with Crippen LogP contribution < -0.4 is 48.3 Å². The predicted molar refractivity (Wildman–Crippen MR) is 396 cm³/mol. The largest absolute Gasteiger partial charge is 0.508 e. The summed E-state index contributed by atoms with van der Waals surface area (Å²) in [4.78, 5) is 145. The number of phenols is 1. The second kappa shape index (κ2) is 42.1. The number of aliphatic carboxylic acids is 1. The van der Waals surface area contributed by atoms with E-state index in [1.165, 1.54) is 51.7 Å². The van der Waals surface area contributed by atoms with Gasteiger partial charge in [-0.1, -0.05) is 158 Å². The highest BCUT2D eigenvalue weighted by Crippen LogP contribution is 2.34. The van der Waals surface area contributed by atoms with Crippen molar-refractivity contribution >= 4 is 86.4 Å². The molecular weight excluding hydrogens is 1340 g/mol. The van der Waals surface area contributed by atoms with Crippen LogP contribution in [0.5, 0.6) is 5.75 Å². The van der Waals surface area contributed by atoms with Gasteiger partial charge in [0.2, 0.25) is 35.4 Å². The molecule has 3 heterocycles. The number of nitrogens with two attached hydrogens (primary N) is 1. The molecule has 3 aromatic carbocycles. The molecule has 3 aromatic rings. The van der Waals surface area contributed by atoms with E-state index >= 15 is 19.2 Å². The number of benzene rings is 3. The van der Waals surface area contributed by atoms with Gasteiger partial charge in [-0.15, -0.1) is 0 Å². The van der Waals surface area contributed by atoms with Gasteiger partial charge in [0.25, 0.3) is 0 Å². The van der Waals surface area contributed by atoms with Crippen LogP contribution in [-0.2, 0) is 67.2 Å². The lowest BCUT2D eigenvalue weighted by atomic mass is 9.78. The number of fused-ring (bicyclic) bond motifs is 16. The lowest BCUT2D eigenvalue weighted by Gasteiger charge is -2.37. The standard InChI is InChI=1S/C77H111N9O14S2/c1-50(87)59-44-67(91)61(24-13-18-35-78)82-73(97)64(42-54-38-55-22-11-12-23-56(55)39-54)84-74(98)63(41-53-27-29-58(89)30-28-53)83-71(95)57(46-101-102-47-65(85-72(59)96)68(92)45-60(51(2)88)75(99)100)43-66(90)62(40-52-20-9-8-10-21-52)81-69(93)25-19-26-70(94)86-77-33-16-6-4-14-31-76(3,32-15-5-7-17-34-77)48-79-36-37-80-49-77/h8-12,20-23,27-30,38,50-51,57,59-65,79-80,87-89H,4-7,13-19,24-26,31-37,39-49,78H2,1-3H3,(H,81,93)(H,82,97)(H,83,95)(H,84,98)(H,85,96)(H,86,94)(H,99,100)/t50?,51?,57-,59-,60-,61-,62+,63-,64+,65-,76?,77?/m0/s1. The highest BCUT2D eigenvalue weighted by molar-refractivity contribution is 8.76. The zero-order valence-electron chi connectivity index (χ0n) is 59.7. The molecule has 1 saturated carbocycles. The molecule has 0 spiro atoms. The van der Waals surface area contributed by atoms with Crippen molar-refractivity contribution in [2.75, 3.05) is 44.2 Å². The second-order valence-electron chi connectivity index (χ2n) is 29.1. The number of phenolic OH excluding ortho intramolecular Hbond substituents is 1. The average Bonchev–Trinajstić information content (AvgIpc) is 1.62. The van der Waals surface area contributed by atoms with E-state index < -0.39 is 138 Å². The summed E-state index contributed by atoms with van der Waals surface area (Å²) < 4.78 is 0. The Morgan fingerprint density at radius 1 is 0.657 bits per heavy atom. The molecule has 102 heavy (non-hydrogen) atoms. The van der Waals surface area contributed by atoms with E-state index in [9.17, 15) is 49.2 Å². The third-order valence-corrected chi connectivity index (χ3v) is 22.9. The maximum atomic E-state index is 15.4. The number of rotatable bonds is 25. The first kappa shape index (κ1) is 82.3. The van der Waals surface area contributed by atoms with Crippen LogP contribution in [0.1, 0.15) is 184 Å². The van der Waals surface area contributed by atoms with Crippen molar-refractivity contribution in [1.82, 2.24) is 42.5 Å². The monoisotopic (exact) mass is 1450 g/mol. The number of carbonyl (C=O) groups excluding carboxylic acids is 9. The van der Waals surface area contributed by atoms with Crippen molar-refractivity contribution in [3.8, 4) is 5.75 Å². The molecule has 560 valence electrons. The van der Waals surface area contributed by atoms with Gasteiger partial charge < -0.3 is 68.7 Å². The van der Waals surface area contributed by atoms with E-state index in [1.54, 1.807) is 36.4 Å². The minimum absolute atomic E-state index is 0.0174. The van der Waals surface area contributed by atoms with Crippen molar-refractivity contribution in [1.29, 1.82) is 0 Å². The van der Waals surface area contributed by atoms with Crippen molar-refractivity contribution in [3.63, 3.8) is 0 Å². The lowest BCUT2D eigenvalue weighted by molar-refractivity contribution is -0.148. The van der Waals surface area contributed by atoms with Crippen LogP contribution >= 0.6 is 21.6 Å². The number of hydrogen-bond acceptors (Lipinski definition) is 18. The SMILES string of the molecule is CC(O)[C@H](CC(=O)[C@@H]1CSSC[C@H](CC(=O)[C@@H](Cc2ccccc2)NC(=O)CCCC(=O)NC23CCCCCCC(C)(CCCCCC2)CNCCNC3)C(=O)N[C@@H](Cc2ccc(O)cc2)C(=O)N[C@H](CC2=Cc3ccccc3C2)C(=O)N[C@@H](CCCCN)C(=O)C[C@@H](C(C)O)C(=O)N1)C(=O)O. The molecule has 3 saturated heterocycles. The molecular formula is C77H111N9O14S2. The Balaban J connectivity index is 1.18. The molecule has 0 radical (unpaired) electrons. The fourth-order valence-corrected chi connectivity index (χ4v) is 16.7. The molecule has 2 bridgehead atoms. The van der Waals surface area contributed by atoms with Crippen LogP contribution in [0.3, 0.4) is 0 Å². The van der Waals surface area contributed by atoms with Crippen molar-refractivity contribution < 1.29 is 68.4 Å². The van der Waals surface area contributed by atoms with Gasteiger partial charge in [0.1, 0.15) is 17.8 Å². The number of nitrogens with one attached hydrogen (secondary N) is 8. The highest BCUT2D eigenvalue weighted by atomic mass is 33.1. The first-order valence-corrected chi connectivity index (χ1v) is 39.4. The zero-order valence-corrected chi connectivity index (χ0v) is 61.4. The second-order valence-corrected chi connectivity index (χ2v) is 31.6. The smallest absolute Gasteiger partial charge is 0.309 e. The summed E-state index contributed by atoms with van der Waals surface area (Å²) in [6, 6.07) is 15.8. The molecule has 14 N–H and O–H groups in total. The molecule has 0 aromatic heterocycles. The molecule has 2 unspecified atom stereocenters. The van der Waals surface area contributed by atoms with Crippen molar-refractivity contribution in [3.05, 3.63) is 107 Å². The van der Waals surface area contributed by atoms with E-state index in [1.807, 2.05) is 36.4 Å². The van der Waals surface area contributed by atoms with Gasteiger partial charge >= 0.3 is 5.97 Å². The van der Waals surface area contributed by atoms with Crippen molar-refractivity contribution in [2.45, 2.75) is 229 Å². The Labute approximate surface area is 609 Å². The summed E-state index contributed by atoms with van der Waals surface area (Å²) in [5.41, 5.74) is 9.53. The number of aliphatic hydroxyl groups is 2. The maximum absolute atomic E-state index is 15.4. The summed E-state index contributed by atoms with van der Waals surface area (Å²) in [6.45, 7) is 8.37. The fraction of sp³-hybridized carbons (Fsp3) is 0.610. The normalized spacial score (nSPS) is 25.5. The summed E-state index contributed by atoms with van der Waals surface area (Å²) in [5.74, 6) is -12.4. The molecule has 6 amide bonds. The van der Waals surface area contributed by atoms with Crippen molar-refractivity contribution in [2.24, 2.45) is 28.9 Å². The third kappa shape index (κ3) is 27.2. The van der Waals surface area contributed by atoms with Gasteiger partial charge in [0, 0.05) is 76.2 Å². The Hall–Kier alpha value is -7.00. The van der Waals surface area contributed by atoms with E-state index in [-0.39, 0.29) is 80.1 Å². The maximum Gasteiger partial charge on any atom is 0.309 e. The Bertz CT molecular complexity index is 3260. The van der Waals surface area contributed by atoms with E-state index in [2.05, 4.69) is 49.5 Å². The van der Waals surface area contributed by atoms with E-state index in [0.717, 1.165) is 109 Å². The molecule has 25 heteroatoms. The quantitative estimate of drug-likeness (QED) is 0.0312. The van der Waals surface area contributed by atoms with Gasteiger partial charge in [0.15, 0.2) is 17.3 Å². The average molecular weight is 1450 g/mol. The van der Waals surface area contributed by atoms with Gasteiger partial charge in [-0.2, -0.15) is 0 Å². The van der Waals surface area contributed by atoms with Crippen LogP contribution in [0.25, 0.3) is 6.08 Å². The topological polar surface area (TPSA) is 374 Å². The minimum Gasteiger partial charge on any atom is -0.508 e. The van der Waals surface area contributed by atoms with Gasteiger partial charge in [0.05, 0.1) is 53.6 Å². The summed E-state index contributed by atoms with van der Waals surface area (Å²) in [5, 5.41) is 67.0. The molecule has 10 atom stereocenters. The molecule has 23 nitrogen and oxygen atoms in total. The summed E-state index contributed by atoms with van der Waals surface area (Å²) in [7, 11) is 2.01. The number of ketones is 3. The Morgan fingerprint density at radius 2 is 1.26 bits per heavy atom. The molecule has 3 aliphatic heterocycles. The van der Waals surface area contributed by atoms with Crippen LogP contribution in [0.2, 0.25) is 0 Å². The first-order chi connectivity index (χ1) is 48.9. The fourth-order valence-electron chi connectivity index (χ4n) is 14.2. The summed E-state index contributed by atoms with van der Waals surface area (Å²) >= 11 is 0. The van der Waals surface area contributed by atoms with Crippen LogP contribution in [0.15, 0.2) is 84.4 Å². The van der Waals surface area contributed by atoms with Gasteiger partial charge in [-0.05, 0) is 131 Å². The van der Waals surface area contributed by atoms with E-state index in [4.69, 9.17) is 5.73 Å². The van der Waals surface area contributed by atoms with Crippen LogP contribution in [-0.4, -0.2) is 171 Å². The van der Waals surface area contributed by atoms with Crippen LogP contribution in [0, 0.1) is 23.2 Å². The third-order valence-electron chi connectivity index (χ3n) is 20.4. The van der Waals surface area contributed by atoms with Crippen LogP contribution in [0.4, 0.5) is 0 Å². The summed E-state index contributed by atoms with van der Waals surface area (Å²) in [6.07, 6.45) is 11.0. The number of carbonyl (C=O) groups is 10. The van der Waals surface area contributed by atoms with Gasteiger partial charge in [-0.3, -0.25) is 47.9 Å². The number of Topliss-reactive ketones (excluding diaryl/α,β-unsaturated/α-hetero) is 3. The molecule has 2 aliphatic carbocycles. The number of hydrogen-bond donors (Lipinski definition) is 13. The number of aliphatic hydroxyl groups excluding tert-OH is 2. The predicted octanol–water partition coefficient (Wildman–Crippen LogP) is 6.65. The Kier molecular flexibility index (Phi) is 33.9. The first-order valence-electron chi connectivity index (χ1n) is 36.9. The zero-order chi connectivity index (χ0) is 73.6. The molecule has 5 aliphatic rings. The highest BCUT2D eigenvalue weighted by Gasteiger charge is 2.39. The number of amides is 6.